The number of benzene rings is 1. The number of nitriles is 1. The summed E-state index contributed by atoms with van der Waals surface area (Å²) in [6, 6.07) is 6.65. The third kappa shape index (κ3) is 3.77. The number of piperidine rings is 1. The van der Waals surface area contributed by atoms with Gasteiger partial charge < -0.3 is 14.5 Å². The standard InChI is InChI=1S/C19H24FN3O2/c1-13-11-23(12-14(2)25-13)19(24)15-6-8-22(9-7-15)18-5-3-4-17(20)16(18)10-21/h3-5,13-15H,6-9,11-12H2,1-2H3/t13-,14+. The minimum atomic E-state index is -0.491. The Morgan fingerprint density at radius 1 is 1.24 bits per heavy atom. The van der Waals surface area contributed by atoms with Gasteiger partial charge in [0.2, 0.25) is 5.91 Å². The fourth-order valence-electron chi connectivity index (χ4n) is 3.87. The summed E-state index contributed by atoms with van der Waals surface area (Å²) in [6.45, 7) is 6.59. The summed E-state index contributed by atoms with van der Waals surface area (Å²) >= 11 is 0. The summed E-state index contributed by atoms with van der Waals surface area (Å²) < 4.78 is 19.5. The molecule has 0 spiro atoms. The van der Waals surface area contributed by atoms with Gasteiger partial charge in [-0.25, -0.2) is 4.39 Å². The molecule has 0 unspecified atom stereocenters. The number of halogens is 1. The monoisotopic (exact) mass is 345 g/mol. The molecule has 1 aromatic rings. The van der Waals surface area contributed by atoms with Crippen molar-refractivity contribution in [1.82, 2.24) is 4.90 Å². The number of rotatable bonds is 2. The second-order valence-electron chi connectivity index (χ2n) is 7.01. The number of carbonyl (C=O) groups excluding carboxylic acids is 1. The molecule has 134 valence electrons. The van der Waals surface area contributed by atoms with Crippen molar-refractivity contribution >= 4 is 11.6 Å². The van der Waals surface area contributed by atoms with E-state index >= 15 is 0 Å². The van der Waals surface area contributed by atoms with Crippen molar-refractivity contribution in [2.45, 2.75) is 38.9 Å². The number of amides is 1. The molecule has 2 aliphatic heterocycles. The maximum Gasteiger partial charge on any atom is 0.225 e. The lowest BCUT2D eigenvalue weighted by Gasteiger charge is -2.39. The molecule has 2 aliphatic rings. The predicted octanol–water partition coefficient (Wildman–Crippen LogP) is 2.55. The van der Waals surface area contributed by atoms with E-state index in [-0.39, 0.29) is 29.6 Å². The van der Waals surface area contributed by atoms with Gasteiger partial charge in [0.05, 0.1) is 17.9 Å². The van der Waals surface area contributed by atoms with Gasteiger partial charge in [0, 0.05) is 32.1 Å². The summed E-state index contributed by atoms with van der Waals surface area (Å²) in [5.74, 6) is -0.302. The normalized spacial score (nSPS) is 24.9. The van der Waals surface area contributed by atoms with Gasteiger partial charge in [-0.3, -0.25) is 4.79 Å². The fraction of sp³-hybridized carbons (Fsp3) is 0.579. The number of ether oxygens (including phenoxy) is 1. The molecule has 0 aliphatic carbocycles. The van der Waals surface area contributed by atoms with E-state index in [9.17, 15) is 14.4 Å². The van der Waals surface area contributed by atoms with Gasteiger partial charge in [0.25, 0.3) is 0 Å². The van der Waals surface area contributed by atoms with Gasteiger partial charge in [-0.15, -0.1) is 0 Å². The summed E-state index contributed by atoms with van der Waals surface area (Å²) in [6.07, 6.45) is 1.58. The number of nitrogens with zero attached hydrogens (tertiary/aromatic N) is 3. The van der Waals surface area contributed by atoms with E-state index in [4.69, 9.17) is 4.74 Å². The van der Waals surface area contributed by atoms with E-state index in [0.717, 1.165) is 12.8 Å². The largest absolute Gasteiger partial charge is 0.372 e. The molecule has 2 saturated heterocycles. The highest BCUT2D eigenvalue weighted by atomic mass is 19.1. The van der Waals surface area contributed by atoms with Crippen LogP contribution >= 0.6 is 0 Å². The van der Waals surface area contributed by atoms with Crippen LogP contribution in [0, 0.1) is 23.1 Å². The van der Waals surface area contributed by atoms with Gasteiger partial charge >= 0.3 is 0 Å². The van der Waals surface area contributed by atoms with E-state index in [1.807, 2.05) is 29.7 Å². The van der Waals surface area contributed by atoms with Crippen LogP contribution in [0.2, 0.25) is 0 Å². The SMILES string of the molecule is C[C@@H]1CN(C(=O)C2CCN(c3cccc(F)c3C#N)CC2)C[C@H](C)O1. The van der Waals surface area contributed by atoms with Crippen LogP contribution in [-0.4, -0.2) is 49.2 Å². The van der Waals surface area contributed by atoms with Crippen LogP contribution in [0.1, 0.15) is 32.3 Å². The van der Waals surface area contributed by atoms with E-state index in [2.05, 4.69) is 0 Å². The smallest absolute Gasteiger partial charge is 0.225 e. The van der Waals surface area contributed by atoms with Crippen LogP contribution < -0.4 is 4.90 Å². The van der Waals surface area contributed by atoms with Crippen LogP contribution in [0.15, 0.2) is 18.2 Å². The average molecular weight is 345 g/mol. The minimum absolute atomic E-state index is 0.00663. The lowest BCUT2D eigenvalue weighted by atomic mass is 9.94. The summed E-state index contributed by atoms with van der Waals surface area (Å²) in [7, 11) is 0. The minimum Gasteiger partial charge on any atom is -0.372 e. The molecular formula is C19H24FN3O2. The molecular weight excluding hydrogens is 321 g/mol. The predicted molar refractivity (Wildman–Crippen MR) is 92.6 cm³/mol. The highest BCUT2D eigenvalue weighted by Crippen LogP contribution is 2.29. The Morgan fingerprint density at radius 3 is 2.48 bits per heavy atom. The van der Waals surface area contributed by atoms with Crippen LogP contribution in [0.4, 0.5) is 10.1 Å². The first-order valence-electron chi connectivity index (χ1n) is 8.87. The Morgan fingerprint density at radius 2 is 1.88 bits per heavy atom. The third-order valence-electron chi connectivity index (χ3n) is 5.02. The fourth-order valence-corrected chi connectivity index (χ4v) is 3.87. The summed E-state index contributed by atoms with van der Waals surface area (Å²) in [5.41, 5.74) is 0.713. The molecule has 0 aromatic heterocycles. The van der Waals surface area contributed by atoms with Crippen LogP contribution in [-0.2, 0) is 9.53 Å². The van der Waals surface area contributed by atoms with Crippen molar-refractivity contribution < 1.29 is 13.9 Å². The molecule has 1 amide bonds. The Bertz CT molecular complexity index is 670. The highest BCUT2D eigenvalue weighted by molar-refractivity contribution is 5.79. The van der Waals surface area contributed by atoms with E-state index in [1.54, 1.807) is 12.1 Å². The molecule has 2 heterocycles. The molecule has 0 saturated carbocycles. The zero-order chi connectivity index (χ0) is 18.0. The Hall–Kier alpha value is -2.13. The molecule has 2 fully saturated rings. The van der Waals surface area contributed by atoms with Gasteiger partial charge in [-0.05, 0) is 38.8 Å². The zero-order valence-corrected chi connectivity index (χ0v) is 14.7. The summed E-state index contributed by atoms with van der Waals surface area (Å²) in [5, 5.41) is 9.20. The van der Waals surface area contributed by atoms with Crippen molar-refractivity contribution in [3.05, 3.63) is 29.6 Å². The molecule has 25 heavy (non-hydrogen) atoms. The molecule has 6 heteroatoms. The summed E-state index contributed by atoms with van der Waals surface area (Å²) in [4.78, 5) is 16.7. The molecule has 5 nitrogen and oxygen atoms in total. The van der Waals surface area contributed by atoms with Crippen LogP contribution in [0.5, 0.6) is 0 Å². The molecule has 0 N–H and O–H groups in total. The second kappa shape index (κ2) is 7.40. The van der Waals surface area contributed by atoms with Crippen LogP contribution in [0.3, 0.4) is 0 Å². The number of carbonyl (C=O) groups is 1. The number of hydrogen-bond acceptors (Lipinski definition) is 4. The van der Waals surface area contributed by atoms with Gasteiger partial charge in [-0.2, -0.15) is 5.26 Å². The van der Waals surface area contributed by atoms with Gasteiger partial charge in [-0.1, -0.05) is 6.07 Å². The van der Waals surface area contributed by atoms with Gasteiger partial charge in [0.15, 0.2) is 0 Å². The van der Waals surface area contributed by atoms with Crippen molar-refractivity contribution in [2.75, 3.05) is 31.1 Å². The highest BCUT2D eigenvalue weighted by Gasteiger charge is 2.33. The van der Waals surface area contributed by atoms with Crippen molar-refractivity contribution in [3.8, 4) is 6.07 Å². The van der Waals surface area contributed by atoms with Crippen molar-refractivity contribution in [1.29, 1.82) is 5.26 Å². The first kappa shape index (κ1) is 17.7. The van der Waals surface area contributed by atoms with Crippen molar-refractivity contribution in [2.24, 2.45) is 5.92 Å². The van der Waals surface area contributed by atoms with E-state index in [1.165, 1.54) is 6.07 Å². The molecule has 0 bridgehead atoms. The van der Waals surface area contributed by atoms with Crippen LogP contribution in [0.25, 0.3) is 0 Å². The zero-order valence-electron chi connectivity index (χ0n) is 14.7. The molecule has 0 radical (unpaired) electrons. The molecule has 1 aromatic carbocycles. The molecule has 3 rings (SSSR count). The molecule has 2 atom stereocenters. The third-order valence-corrected chi connectivity index (χ3v) is 5.02. The lowest BCUT2D eigenvalue weighted by molar-refractivity contribution is -0.148. The first-order chi connectivity index (χ1) is 12.0. The van der Waals surface area contributed by atoms with Crippen molar-refractivity contribution in [3.63, 3.8) is 0 Å². The average Bonchev–Trinajstić information content (AvgIpc) is 2.60. The van der Waals surface area contributed by atoms with E-state index < -0.39 is 5.82 Å². The Kier molecular flexibility index (Phi) is 5.24. The van der Waals surface area contributed by atoms with E-state index in [0.29, 0.717) is 31.9 Å². The maximum absolute atomic E-state index is 13.8. The first-order valence-corrected chi connectivity index (χ1v) is 8.87. The number of hydrogen-bond donors (Lipinski definition) is 0. The lowest BCUT2D eigenvalue weighted by Crippen LogP contribution is -2.51. The topological polar surface area (TPSA) is 56.6 Å². The quantitative estimate of drug-likeness (QED) is 0.827. The Balaban J connectivity index is 1.63. The second-order valence-corrected chi connectivity index (χ2v) is 7.01. The number of anilines is 1. The Labute approximate surface area is 148 Å². The van der Waals surface area contributed by atoms with Gasteiger partial charge in [0.1, 0.15) is 17.4 Å². The number of morpholine rings is 1. The maximum atomic E-state index is 13.8.